The van der Waals surface area contributed by atoms with Gasteiger partial charge in [-0.15, -0.1) is 0 Å². The zero-order valence-electron chi connectivity index (χ0n) is 20.2. The number of nitrogens with zero attached hydrogens (tertiary/aromatic N) is 7. The summed E-state index contributed by atoms with van der Waals surface area (Å²) in [6.45, 7) is 3.59. The van der Waals surface area contributed by atoms with Crippen molar-refractivity contribution in [1.82, 2.24) is 28.9 Å². The average Bonchev–Trinajstić information content (AvgIpc) is 3.21. The van der Waals surface area contributed by atoms with Gasteiger partial charge >= 0.3 is 11.4 Å². The van der Waals surface area contributed by atoms with E-state index < -0.39 is 17.2 Å². The number of pyridine rings is 1. The lowest BCUT2D eigenvalue weighted by molar-refractivity contribution is 0.620. The molecule has 3 aromatic heterocycles. The van der Waals surface area contributed by atoms with E-state index >= 15 is 0 Å². The fourth-order valence-electron chi connectivity index (χ4n) is 4.11. The molecule has 0 radical (unpaired) electrons. The second-order valence-corrected chi connectivity index (χ2v) is 8.72. The first-order chi connectivity index (χ1) is 17.7. The van der Waals surface area contributed by atoms with Gasteiger partial charge in [0.05, 0.1) is 29.5 Å². The summed E-state index contributed by atoms with van der Waals surface area (Å²) in [6.07, 6.45) is 4.86. The number of nitrogens with one attached hydrogen (secondary N) is 1. The molecule has 184 valence electrons. The fourth-order valence-corrected chi connectivity index (χ4v) is 4.11. The highest BCUT2D eigenvalue weighted by atomic mass is 19.1. The molecule has 0 aliphatic heterocycles. The molecule has 10 nitrogen and oxygen atoms in total. The smallest absolute Gasteiger partial charge is 0.325 e. The molecule has 2 aromatic carbocycles. The summed E-state index contributed by atoms with van der Waals surface area (Å²) in [5.74, 6) is -0.660. The third kappa shape index (κ3) is 4.48. The van der Waals surface area contributed by atoms with E-state index in [9.17, 15) is 19.2 Å². The molecule has 0 atom stereocenters. The summed E-state index contributed by atoms with van der Waals surface area (Å²) < 4.78 is 17.8. The Morgan fingerprint density at radius 2 is 1.92 bits per heavy atom. The van der Waals surface area contributed by atoms with Crippen molar-refractivity contribution in [2.75, 3.05) is 5.32 Å². The number of aryl methyl sites for hydroxylation is 3. The normalized spacial score (nSPS) is 11.0. The molecule has 0 saturated heterocycles. The zero-order valence-corrected chi connectivity index (χ0v) is 20.2. The summed E-state index contributed by atoms with van der Waals surface area (Å²) in [7, 11) is 1.82. The molecule has 11 heteroatoms. The Morgan fingerprint density at radius 3 is 2.68 bits per heavy atom. The molecule has 0 aliphatic carbocycles. The number of hydrogen-bond donors (Lipinski definition) is 1. The minimum absolute atomic E-state index is 0.000959. The molecule has 5 aromatic rings. The van der Waals surface area contributed by atoms with Crippen molar-refractivity contribution < 1.29 is 4.39 Å². The van der Waals surface area contributed by atoms with Crippen molar-refractivity contribution in [2.45, 2.75) is 20.4 Å². The summed E-state index contributed by atoms with van der Waals surface area (Å²) in [5, 5.41) is 17.6. The number of hydrogen-bond acceptors (Lipinski definition) is 7. The number of anilines is 2. The molecule has 0 amide bonds. The Morgan fingerprint density at radius 1 is 1.11 bits per heavy atom. The maximum absolute atomic E-state index is 13.9. The van der Waals surface area contributed by atoms with Crippen LogP contribution in [0.15, 0.2) is 64.6 Å². The molecule has 0 spiro atoms. The Bertz CT molecular complexity index is 1840. The van der Waals surface area contributed by atoms with Gasteiger partial charge in [-0.05, 0) is 60.9 Å². The predicted molar refractivity (Wildman–Crippen MR) is 136 cm³/mol. The number of rotatable bonds is 5. The molecule has 0 saturated carbocycles. The van der Waals surface area contributed by atoms with Gasteiger partial charge in [0.2, 0.25) is 5.95 Å². The van der Waals surface area contributed by atoms with Gasteiger partial charge in [-0.25, -0.2) is 18.5 Å². The second-order valence-electron chi connectivity index (χ2n) is 8.72. The largest absolute Gasteiger partial charge is 0.359 e. The van der Waals surface area contributed by atoms with E-state index in [4.69, 9.17) is 0 Å². The first-order valence-corrected chi connectivity index (χ1v) is 11.3. The quantitative estimate of drug-likeness (QED) is 0.397. The first kappa shape index (κ1) is 23.6. The number of nitriles is 1. The van der Waals surface area contributed by atoms with Crippen molar-refractivity contribution in [1.29, 1.82) is 5.26 Å². The van der Waals surface area contributed by atoms with Crippen LogP contribution in [0.2, 0.25) is 0 Å². The number of aromatic nitrogens is 6. The highest BCUT2D eigenvalue weighted by Crippen LogP contribution is 2.25. The van der Waals surface area contributed by atoms with Crippen LogP contribution in [-0.2, 0) is 13.6 Å². The predicted octanol–water partition coefficient (Wildman–Crippen LogP) is 3.10. The van der Waals surface area contributed by atoms with Gasteiger partial charge in [0.15, 0.2) is 0 Å². The molecule has 0 aliphatic rings. The van der Waals surface area contributed by atoms with Gasteiger partial charge in [0, 0.05) is 30.5 Å². The Balaban J connectivity index is 1.69. The van der Waals surface area contributed by atoms with Gasteiger partial charge in [0.25, 0.3) is 0 Å². The van der Waals surface area contributed by atoms with Crippen molar-refractivity contribution in [2.24, 2.45) is 7.05 Å². The maximum Gasteiger partial charge on any atom is 0.359 e. The highest BCUT2D eigenvalue weighted by molar-refractivity contribution is 5.84. The minimum atomic E-state index is -0.784. The van der Waals surface area contributed by atoms with E-state index in [-0.39, 0.29) is 23.7 Å². The van der Waals surface area contributed by atoms with Gasteiger partial charge < -0.3 is 5.32 Å². The van der Waals surface area contributed by atoms with Crippen LogP contribution in [0, 0.1) is 31.0 Å². The van der Waals surface area contributed by atoms with Crippen LogP contribution in [0.3, 0.4) is 0 Å². The molecular weight excluding hydrogens is 475 g/mol. The molecule has 0 fully saturated rings. The monoisotopic (exact) mass is 496 g/mol. The minimum Gasteiger partial charge on any atom is -0.325 e. The summed E-state index contributed by atoms with van der Waals surface area (Å²) in [6, 6.07) is 11.2. The van der Waals surface area contributed by atoms with Crippen molar-refractivity contribution in [3.63, 3.8) is 0 Å². The van der Waals surface area contributed by atoms with Gasteiger partial charge in [-0.2, -0.15) is 15.3 Å². The molecule has 0 unspecified atom stereocenters. The van der Waals surface area contributed by atoms with Crippen LogP contribution in [-0.4, -0.2) is 28.9 Å². The summed E-state index contributed by atoms with van der Waals surface area (Å²) in [5.41, 5.74) is 2.17. The van der Waals surface area contributed by atoms with E-state index in [0.717, 1.165) is 26.6 Å². The van der Waals surface area contributed by atoms with Gasteiger partial charge in [-0.1, -0.05) is 6.07 Å². The lowest BCUT2D eigenvalue weighted by Crippen LogP contribution is -2.41. The van der Waals surface area contributed by atoms with Crippen LogP contribution >= 0.6 is 0 Å². The molecule has 1 N–H and O–H groups in total. The highest BCUT2D eigenvalue weighted by Gasteiger charge is 2.17. The van der Waals surface area contributed by atoms with Crippen LogP contribution < -0.4 is 16.7 Å². The number of halogens is 1. The van der Waals surface area contributed by atoms with Crippen molar-refractivity contribution in [3.05, 3.63) is 104 Å². The van der Waals surface area contributed by atoms with Crippen LogP contribution in [0.4, 0.5) is 16.0 Å². The Labute approximate surface area is 209 Å². The molecular formula is C26H21FN8O2. The number of benzene rings is 2. The summed E-state index contributed by atoms with van der Waals surface area (Å²) >= 11 is 0. The van der Waals surface area contributed by atoms with E-state index in [1.807, 2.05) is 32.3 Å². The third-order valence-electron chi connectivity index (χ3n) is 5.89. The van der Waals surface area contributed by atoms with Crippen molar-refractivity contribution in [3.8, 4) is 11.8 Å². The van der Waals surface area contributed by atoms with E-state index in [2.05, 4.69) is 20.4 Å². The van der Waals surface area contributed by atoms with E-state index in [1.165, 1.54) is 29.0 Å². The summed E-state index contributed by atoms with van der Waals surface area (Å²) in [4.78, 5) is 35.1. The third-order valence-corrected chi connectivity index (χ3v) is 5.89. The van der Waals surface area contributed by atoms with Crippen LogP contribution in [0.5, 0.6) is 0 Å². The van der Waals surface area contributed by atoms with Gasteiger partial charge in [0.1, 0.15) is 11.9 Å². The molecule has 0 bridgehead atoms. The lowest BCUT2D eigenvalue weighted by Gasteiger charge is -2.17. The van der Waals surface area contributed by atoms with Crippen LogP contribution in [0.25, 0.3) is 16.6 Å². The Kier molecular flexibility index (Phi) is 5.85. The lowest BCUT2D eigenvalue weighted by atomic mass is 10.1. The Hall–Kier alpha value is -5.11. The van der Waals surface area contributed by atoms with Crippen molar-refractivity contribution >= 4 is 22.5 Å². The van der Waals surface area contributed by atoms with E-state index in [1.54, 1.807) is 29.9 Å². The number of fused-ring (bicyclic) bond motifs is 1. The maximum atomic E-state index is 13.9. The molecule has 5 rings (SSSR count). The second kappa shape index (κ2) is 9.16. The SMILES string of the molecule is Cc1cncc(-n2c(=O)nc(Nc3cc4cn(C)nc4cc3C)n(Cc3ccc(F)c(C#N)c3)c2=O)c1. The molecule has 37 heavy (non-hydrogen) atoms. The topological polar surface area (TPSA) is 123 Å². The molecule has 3 heterocycles. The zero-order chi connectivity index (χ0) is 26.3. The first-order valence-electron chi connectivity index (χ1n) is 11.3. The standard InChI is InChI=1S/C26H21FN8O2/c1-15-6-20(12-29-11-15)35-25(36)31-24(30-22-9-19-14-33(3)32-23(19)7-16(22)2)34(26(35)37)13-17-4-5-21(27)18(8-17)10-28/h4-9,11-12,14H,13H2,1-3H3,(H,30,31,36). The van der Waals surface area contributed by atoms with E-state index in [0.29, 0.717) is 11.3 Å². The van der Waals surface area contributed by atoms with Crippen LogP contribution in [0.1, 0.15) is 22.3 Å². The van der Waals surface area contributed by atoms with Gasteiger partial charge in [-0.3, -0.25) is 14.2 Å². The fraction of sp³-hybridized carbons (Fsp3) is 0.154. The average molecular weight is 497 g/mol.